The Morgan fingerprint density at radius 1 is 1.33 bits per heavy atom. The molecule has 0 spiro atoms. The van der Waals surface area contributed by atoms with E-state index in [9.17, 15) is 0 Å². The summed E-state index contributed by atoms with van der Waals surface area (Å²) in [6.07, 6.45) is 8.34. The molecule has 1 N–H and O–H groups in total. The highest BCUT2D eigenvalue weighted by molar-refractivity contribution is 5.85. The van der Waals surface area contributed by atoms with E-state index in [4.69, 9.17) is 0 Å². The van der Waals surface area contributed by atoms with Crippen molar-refractivity contribution in [2.75, 3.05) is 0 Å². The quantitative estimate of drug-likeness (QED) is 0.723. The Balaban J connectivity index is 0.00000121. The summed E-state index contributed by atoms with van der Waals surface area (Å²) in [6, 6.07) is 1.60. The fraction of sp³-hybridized carbons (Fsp3) is 1.00. The molecule has 0 radical (unpaired) electrons. The van der Waals surface area contributed by atoms with Gasteiger partial charge in [-0.15, -0.1) is 12.4 Å². The number of hydrogen-bond acceptors (Lipinski definition) is 1. The maximum Gasteiger partial charge on any atom is 0.00695 e. The molecule has 0 aliphatic carbocycles. The second-order valence-electron chi connectivity index (χ2n) is 3.84. The van der Waals surface area contributed by atoms with Crippen molar-refractivity contribution in [3.05, 3.63) is 0 Å². The molecule has 0 aromatic rings. The van der Waals surface area contributed by atoms with Crippen molar-refractivity contribution in [1.82, 2.24) is 5.32 Å². The summed E-state index contributed by atoms with van der Waals surface area (Å²) in [7, 11) is 0. The molecule has 0 amide bonds. The number of piperidine rings is 1. The molecule has 1 aliphatic rings. The van der Waals surface area contributed by atoms with E-state index in [0.717, 1.165) is 12.1 Å². The molecule has 12 heavy (non-hydrogen) atoms. The molecule has 0 aromatic heterocycles. The molecule has 0 aromatic carbocycles. The third kappa shape index (κ3) is 4.32. The van der Waals surface area contributed by atoms with Crippen LogP contribution in [0.4, 0.5) is 0 Å². The van der Waals surface area contributed by atoms with Crippen LogP contribution in [0.15, 0.2) is 0 Å². The van der Waals surface area contributed by atoms with Gasteiger partial charge in [0.1, 0.15) is 0 Å². The molecule has 0 saturated carbocycles. The van der Waals surface area contributed by atoms with E-state index in [2.05, 4.69) is 19.2 Å². The van der Waals surface area contributed by atoms with Crippen LogP contribution in [-0.2, 0) is 0 Å². The van der Waals surface area contributed by atoms with Gasteiger partial charge in [0.2, 0.25) is 0 Å². The summed E-state index contributed by atoms with van der Waals surface area (Å²) in [5.41, 5.74) is 0. The molecular weight excluding hydrogens is 170 g/mol. The molecule has 1 aliphatic heterocycles. The SMILES string of the molecule is CCCC[C@@H]1CCC[C@@H](C)N1.Cl. The molecule has 0 unspecified atom stereocenters. The number of unbranched alkanes of at least 4 members (excludes halogenated alkanes) is 1. The molecule has 2 atom stereocenters. The van der Waals surface area contributed by atoms with Gasteiger partial charge in [-0.05, 0) is 26.2 Å². The van der Waals surface area contributed by atoms with Crippen LogP contribution in [-0.4, -0.2) is 12.1 Å². The first-order valence-corrected chi connectivity index (χ1v) is 5.09. The Hall–Kier alpha value is 0.250. The van der Waals surface area contributed by atoms with Crippen LogP contribution in [0.2, 0.25) is 0 Å². The monoisotopic (exact) mass is 191 g/mol. The van der Waals surface area contributed by atoms with Crippen molar-refractivity contribution >= 4 is 12.4 Å². The number of nitrogens with one attached hydrogen (secondary N) is 1. The van der Waals surface area contributed by atoms with Gasteiger partial charge in [0.05, 0.1) is 0 Å². The first-order valence-electron chi connectivity index (χ1n) is 5.09. The molecule has 1 fully saturated rings. The number of hydrogen-bond donors (Lipinski definition) is 1. The Morgan fingerprint density at radius 3 is 2.67 bits per heavy atom. The summed E-state index contributed by atoms with van der Waals surface area (Å²) >= 11 is 0. The zero-order chi connectivity index (χ0) is 8.10. The highest BCUT2D eigenvalue weighted by Crippen LogP contribution is 2.16. The van der Waals surface area contributed by atoms with Gasteiger partial charge < -0.3 is 5.32 Å². The van der Waals surface area contributed by atoms with Gasteiger partial charge in [0, 0.05) is 12.1 Å². The molecular formula is C10H22ClN. The minimum absolute atomic E-state index is 0. The molecule has 1 rings (SSSR count). The van der Waals surface area contributed by atoms with E-state index in [-0.39, 0.29) is 12.4 Å². The van der Waals surface area contributed by atoms with Crippen molar-refractivity contribution in [2.24, 2.45) is 0 Å². The van der Waals surface area contributed by atoms with Crippen LogP contribution in [0.3, 0.4) is 0 Å². The Kier molecular flexibility index (Phi) is 6.87. The van der Waals surface area contributed by atoms with Crippen LogP contribution in [0.5, 0.6) is 0 Å². The van der Waals surface area contributed by atoms with E-state index >= 15 is 0 Å². The average Bonchev–Trinajstić information content (AvgIpc) is 2.01. The lowest BCUT2D eigenvalue weighted by molar-refractivity contribution is 0.317. The predicted molar refractivity (Wildman–Crippen MR) is 57.0 cm³/mol. The maximum atomic E-state index is 3.65. The lowest BCUT2D eigenvalue weighted by Gasteiger charge is -2.28. The first-order chi connectivity index (χ1) is 5.33. The molecule has 74 valence electrons. The first kappa shape index (κ1) is 12.2. The number of halogens is 1. The summed E-state index contributed by atoms with van der Waals surface area (Å²) < 4.78 is 0. The molecule has 0 bridgehead atoms. The van der Waals surface area contributed by atoms with Crippen molar-refractivity contribution in [3.8, 4) is 0 Å². The molecule has 1 nitrogen and oxygen atoms in total. The van der Waals surface area contributed by atoms with E-state index in [1.165, 1.54) is 38.5 Å². The van der Waals surface area contributed by atoms with Gasteiger partial charge in [0.25, 0.3) is 0 Å². The Labute approximate surface area is 82.7 Å². The van der Waals surface area contributed by atoms with Crippen LogP contribution in [0.1, 0.15) is 52.4 Å². The lowest BCUT2D eigenvalue weighted by Crippen LogP contribution is -2.40. The smallest absolute Gasteiger partial charge is 0.00695 e. The Bertz CT molecular complexity index is 106. The van der Waals surface area contributed by atoms with Gasteiger partial charge in [-0.3, -0.25) is 0 Å². The average molecular weight is 192 g/mol. The minimum Gasteiger partial charge on any atom is -0.312 e. The van der Waals surface area contributed by atoms with Crippen molar-refractivity contribution < 1.29 is 0 Å². The minimum atomic E-state index is 0. The summed E-state index contributed by atoms with van der Waals surface area (Å²) in [5, 5.41) is 3.65. The fourth-order valence-electron chi connectivity index (χ4n) is 1.92. The zero-order valence-corrected chi connectivity index (χ0v) is 9.12. The predicted octanol–water partition coefficient (Wildman–Crippen LogP) is 3.13. The van der Waals surface area contributed by atoms with Crippen molar-refractivity contribution in [2.45, 2.75) is 64.5 Å². The van der Waals surface area contributed by atoms with E-state index in [0.29, 0.717) is 0 Å². The summed E-state index contributed by atoms with van der Waals surface area (Å²) in [5.74, 6) is 0. The van der Waals surface area contributed by atoms with Gasteiger partial charge in [-0.2, -0.15) is 0 Å². The fourth-order valence-corrected chi connectivity index (χ4v) is 1.92. The second-order valence-corrected chi connectivity index (χ2v) is 3.84. The Morgan fingerprint density at radius 2 is 2.08 bits per heavy atom. The zero-order valence-electron chi connectivity index (χ0n) is 8.31. The molecule has 1 heterocycles. The van der Waals surface area contributed by atoms with Gasteiger partial charge in [0.15, 0.2) is 0 Å². The van der Waals surface area contributed by atoms with Gasteiger partial charge >= 0.3 is 0 Å². The highest BCUT2D eigenvalue weighted by Gasteiger charge is 2.16. The summed E-state index contributed by atoms with van der Waals surface area (Å²) in [6.45, 7) is 4.57. The molecule has 2 heteroatoms. The summed E-state index contributed by atoms with van der Waals surface area (Å²) in [4.78, 5) is 0. The van der Waals surface area contributed by atoms with E-state index in [1.807, 2.05) is 0 Å². The van der Waals surface area contributed by atoms with Gasteiger partial charge in [-0.25, -0.2) is 0 Å². The maximum absolute atomic E-state index is 3.65. The third-order valence-corrected chi connectivity index (χ3v) is 2.62. The second kappa shape index (κ2) is 6.73. The van der Waals surface area contributed by atoms with E-state index in [1.54, 1.807) is 0 Å². The van der Waals surface area contributed by atoms with Gasteiger partial charge in [-0.1, -0.05) is 26.2 Å². The van der Waals surface area contributed by atoms with Crippen molar-refractivity contribution in [1.29, 1.82) is 0 Å². The lowest BCUT2D eigenvalue weighted by atomic mass is 9.96. The normalized spacial score (nSPS) is 29.5. The van der Waals surface area contributed by atoms with E-state index < -0.39 is 0 Å². The number of rotatable bonds is 3. The molecule has 1 saturated heterocycles. The highest BCUT2D eigenvalue weighted by atomic mass is 35.5. The van der Waals surface area contributed by atoms with Crippen molar-refractivity contribution in [3.63, 3.8) is 0 Å². The van der Waals surface area contributed by atoms with Crippen LogP contribution in [0.25, 0.3) is 0 Å². The van der Waals surface area contributed by atoms with Crippen LogP contribution >= 0.6 is 12.4 Å². The topological polar surface area (TPSA) is 12.0 Å². The van der Waals surface area contributed by atoms with Crippen LogP contribution in [0, 0.1) is 0 Å². The third-order valence-electron chi connectivity index (χ3n) is 2.62. The largest absolute Gasteiger partial charge is 0.312 e. The standard InChI is InChI=1S/C10H21N.ClH/c1-3-4-7-10-8-5-6-9(2)11-10;/h9-11H,3-8H2,1-2H3;1H/t9-,10-;/m1./s1. The van der Waals surface area contributed by atoms with Crippen LogP contribution < -0.4 is 5.32 Å².